The third-order valence-electron chi connectivity index (χ3n) is 7.55. The summed E-state index contributed by atoms with van der Waals surface area (Å²) in [6, 6.07) is 6.65. The lowest BCUT2D eigenvalue weighted by Gasteiger charge is -2.41. The van der Waals surface area contributed by atoms with E-state index in [4.69, 9.17) is 4.74 Å². The van der Waals surface area contributed by atoms with E-state index < -0.39 is 41.7 Å². The van der Waals surface area contributed by atoms with Gasteiger partial charge in [-0.1, -0.05) is 11.8 Å². The maximum atomic E-state index is 15.8. The van der Waals surface area contributed by atoms with E-state index in [0.717, 1.165) is 12.1 Å². The third-order valence-corrected chi connectivity index (χ3v) is 7.55. The van der Waals surface area contributed by atoms with Gasteiger partial charge in [-0.25, -0.2) is 22.0 Å². The molecule has 0 aliphatic carbocycles. The zero-order valence-electron chi connectivity index (χ0n) is 22.0. The van der Waals surface area contributed by atoms with E-state index in [0.29, 0.717) is 42.6 Å². The van der Waals surface area contributed by atoms with Gasteiger partial charge in [0.2, 0.25) is 0 Å². The van der Waals surface area contributed by atoms with Crippen molar-refractivity contribution in [2.45, 2.75) is 45.0 Å². The summed E-state index contributed by atoms with van der Waals surface area (Å²) in [5.74, 6) is 0.766. The number of fused-ring (bicyclic) bond motifs is 1. The highest BCUT2D eigenvalue weighted by Gasteiger charge is 2.37. The zero-order chi connectivity index (χ0) is 28.9. The minimum Gasteiger partial charge on any atom is -0.497 e. The molecule has 40 heavy (non-hydrogen) atoms. The first-order valence-corrected chi connectivity index (χ1v) is 12.9. The SMILES string of the molecule is COc1ccc2ncc(CF)c([C@@H](F)CCC3(CC(=O)O)CCN(CC#Cc4cc(F)c(F)c(F)c4)CC3)c2c1. The Morgan fingerprint density at radius 2 is 1.88 bits per heavy atom. The number of methoxy groups -OCH3 is 1. The predicted octanol–water partition coefficient (Wildman–Crippen LogP) is 6.53. The number of ether oxygens (including phenoxy) is 1. The Labute approximate surface area is 229 Å². The van der Waals surface area contributed by atoms with Crippen LogP contribution in [0.4, 0.5) is 22.0 Å². The molecule has 3 aromatic rings. The number of pyridine rings is 1. The number of halogens is 5. The zero-order valence-corrected chi connectivity index (χ0v) is 22.0. The van der Waals surface area contributed by atoms with Crippen LogP contribution in [0.15, 0.2) is 36.5 Å². The normalized spacial score (nSPS) is 15.8. The van der Waals surface area contributed by atoms with Crippen molar-refractivity contribution >= 4 is 16.9 Å². The molecule has 1 atom stereocenters. The van der Waals surface area contributed by atoms with Crippen molar-refractivity contribution < 1.29 is 36.6 Å². The summed E-state index contributed by atoms with van der Waals surface area (Å²) in [7, 11) is 1.48. The van der Waals surface area contributed by atoms with E-state index >= 15 is 4.39 Å². The third kappa shape index (κ3) is 6.70. The average Bonchev–Trinajstić information content (AvgIpc) is 2.94. The van der Waals surface area contributed by atoms with Crippen LogP contribution in [0.1, 0.15) is 55.0 Å². The van der Waals surface area contributed by atoms with Crippen LogP contribution in [0.25, 0.3) is 10.9 Å². The van der Waals surface area contributed by atoms with Gasteiger partial charge in [-0.3, -0.25) is 14.7 Å². The fraction of sp³-hybridized carbons (Fsp3) is 0.400. The number of hydrogen-bond acceptors (Lipinski definition) is 4. The maximum Gasteiger partial charge on any atom is 0.303 e. The summed E-state index contributed by atoms with van der Waals surface area (Å²) >= 11 is 0. The summed E-state index contributed by atoms with van der Waals surface area (Å²) in [6.07, 6.45) is 0.926. The van der Waals surface area contributed by atoms with Gasteiger partial charge in [-0.15, -0.1) is 0 Å². The number of benzene rings is 2. The lowest BCUT2D eigenvalue weighted by Crippen LogP contribution is -2.41. The summed E-state index contributed by atoms with van der Waals surface area (Å²) in [5, 5.41) is 10.1. The van der Waals surface area contributed by atoms with E-state index in [9.17, 15) is 27.5 Å². The van der Waals surface area contributed by atoms with E-state index in [-0.39, 0.29) is 42.5 Å². The molecule has 212 valence electrons. The molecule has 1 N–H and O–H groups in total. The molecule has 1 aromatic heterocycles. The number of carboxylic acid groups (broad SMARTS) is 1. The van der Waals surface area contributed by atoms with Crippen LogP contribution in [0.5, 0.6) is 5.75 Å². The first-order valence-electron chi connectivity index (χ1n) is 12.9. The van der Waals surface area contributed by atoms with E-state index in [1.54, 1.807) is 18.2 Å². The smallest absolute Gasteiger partial charge is 0.303 e. The Morgan fingerprint density at radius 1 is 1.18 bits per heavy atom. The number of carbonyl (C=O) groups is 1. The van der Waals surface area contributed by atoms with Crippen molar-refractivity contribution in [1.29, 1.82) is 0 Å². The van der Waals surface area contributed by atoms with Gasteiger partial charge in [-0.2, -0.15) is 0 Å². The number of carboxylic acids is 1. The van der Waals surface area contributed by atoms with Gasteiger partial charge in [0.25, 0.3) is 0 Å². The van der Waals surface area contributed by atoms with Gasteiger partial charge in [0.1, 0.15) is 18.6 Å². The number of aliphatic carboxylic acids is 1. The summed E-state index contributed by atoms with van der Waals surface area (Å²) in [6.45, 7) is 0.371. The van der Waals surface area contributed by atoms with Crippen LogP contribution >= 0.6 is 0 Å². The Kier molecular flexibility index (Phi) is 9.25. The predicted molar refractivity (Wildman–Crippen MR) is 140 cm³/mol. The Morgan fingerprint density at radius 3 is 2.50 bits per heavy atom. The highest BCUT2D eigenvalue weighted by atomic mass is 19.2. The monoisotopic (exact) mass is 560 g/mol. The molecule has 1 aliphatic heterocycles. The fourth-order valence-electron chi connectivity index (χ4n) is 5.32. The molecule has 0 unspecified atom stereocenters. The molecule has 4 rings (SSSR count). The lowest BCUT2D eigenvalue weighted by atomic mass is 9.71. The molecular formula is C30H29F5N2O3. The topological polar surface area (TPSA) is 62.7 Å². The maximum absolute atomic E-state index is 15.8. The van der Waals surface area contributed by atoms with E-state index in [1.807, 2.05) is 4.90 Å². The van der Waals surface area contributed by atoms with Crippen LogP contribution in [0.3, 0.4) is 0 Å². The first kappa shape index (κ1) is 29.3. The van der Waals surface area contributed by atoms with Gasteiger partial charge in [0.15, 0.2) is 17.5 Å². The molecule has 0 amide bonds. The molecular weight excluding hydrogens is 531 g/mol. The second-order valence-electron chi connectivity index (χ2n) is 10.1. The standard InChI is InChI=1S/C30H29F5N2O3/c1-40-21-4-5-26-22(15-21)28(20(17-31)18-36-26)23(32)6-7-30(16-27(38)39)8-11-37(12-9-30)10-2-3-19-13-24(33)29(35)25(34)14-19/h4-5,13-15,18,23H,6-12,16-17H2,1H3,(H,38,39)/t23-/m0/s1. The number of likely N-dealkylation sites (tertiary alicyclic amines) is 1. The number of rotatable bonds is 9. The molecule has 1 saturated heterocycles. The van der Waals surface area contributed by atoms with Crippen molar-refractivity contribution in [3.8, 4) is 17.6 Å². The van der Waals surface area contributed by atoms with Crippen molar-refractivity contribution in [1.82, 2.24) is 9.88 Å². The van der Waals surface area contributed by atoms with Gasteiger partial charge in [-0.05, 0) is 74.5 Å². The van der Waals surface area contributed by atoms with Crippen molar-refractivity contribution in [3.05, 3.63) is 70.7 Å². The van der Waals surface area contributed by atoms with Crippen LogP contribution in [0.2, 0.25) is 0 Å². The number of alkyl halides is 2. The molecule has 0 saturated carbocycles. The van der Waals surface area contributed by atoms with E-state index in [2.05, 4.69) is 16.8 Å². The van der Waals surface area contributed by atoms with Crippen molar-refractivity contribution in [2.75, 3.05) is 26.7 Å². The van der Waals surface area contributed by atoms with Crippen LogP contribution in [-0.4, -0.2) is 47.7 Å². The van der Waals surface area contributed by atoms with E-state index in [1.165, 1.54) is 13.3 Å². The largest absolute Gasteiger partial charge is 0.497 e. The highest BCUT2D eigenvalue weighted by molar-refractivity contribution is 5.85. The molecule has 0 spiro atoms. The number of nitrogens with zero attached hydrogens (tertiary/aromatic N) is 2. The fourth-order valence-corrected chi connectivity index (χ4v) is 5.32. The molecule has 0 bridgehead atoms. The molecule has 5 nitrogen and oxygen atoms in total. The van der Waals surface area contributed by atoms with Crippen LogP contribution < -0.4 is 4.74 Å². The van der Waals surface area contributed by atoms with Gasteiger partial charge in [0.05, 0.1) is 25.6 Å². The number of aromatic nitrogens is 1. The minimum atomic E-state index is -1.55. The average molecular weight is 561 g/mol. The minimum absolute atomic E-state index is 0.0107. The second kappa shape index (κ2) is 12.6. The Hall–Kier alpha value is -3.71. The van der Waals surface area contributed by atoms with Gasteiger partial charge < -0.3 is 9.84 Å². The van der Waals surface area contributed by atoms with Gasteiger partial charge in [0, 0.05) is 28.3 Å². The molecule has 0 radical (unpaired) electrons. The molecule has 2 heterocycles. The molecule has 1 aliphatic rings. The molecule has 2 aromatic carbocycles. The second-order valence-corrected chi connectivity index (χ2v) is 10.1. The number of piperidine rings is 1. The van der Waals surface area contributed by atoms with Crippen molar-refractivity contribution in [3.63, 3.8) is 0 Å². The molecule has 1 fully saturated rings. The Bertz CT molecular complexity index is 1420. The summed E-state index contributed by atoms with van der Waals surface area (Å²) in [4.78, 5) is 17.9. The highest BCUT2D eigenvalue weighted by Crippen LogP contribution is 2.43. The lowest BCUT2D eigenvalue weighted by molar-refractivity contribution is -0.141. The Balaban J connectivity index is 1.45. The van der Waals surface area contributed by atoms with Gasteiger partial charge >= 0.3 is 5.97 Å². The van der Waals surface area contributed by atoms with Crippen LogP contribution in [-0.2, 0) is 11.5 Å². The first-order chi connectivity index (χ1) is 19.1. The quantitative estimate of drug-likeness (QED) is 0.183. The van der Waals surface area contributed by atoms with Crippen LogP contribution in [0, 0.1) is 34.7 Å². The summed E-state index contributed by atoms with van der Waals surface area (Å²) in [5.41, 5.74) is 0.223. The number of hydrogen-bond donors (Lipinski definition) is 1. The van der Waals surface area contributed by atoms with Crippen molar-refractivity contribution in [2.24, 2.45) is 5.41 Å². The summed E-state index contributed by atoms with van der Waals surface area (Å²) < 4.78 is 74.8. The molecule has 10 heteroatoms.